The van der Waals surface area contributed by atoms with Crippen molar-refractivity contribution >= 4 is 35.8 Å². The summed E-state index contributed by atoms with van der Waals surface area (Å²) >= 11 is 0. The summed E-state index contributed by atoms with van der Waals surface area (Å²) in [5.74, 6) is 2.22. The Labute approximate surface area is 211 Å². The number of hydrogen-bond donors (Lipinski definition) is 2. The van der Waals surface area contributed by atoms with Crippen LogP contribution in [0.1, 0.15) is 44.1 Å². The third kappa shape index (κ3) is 8.21. The Hall–Kier alpha value is -1.35. The lowest BCUT2D eigenvalue weighted by Crippen LogP contribution is -2.49. The monoisotopic (exact) mass is 555 g/mol. The molecular formula is C25H42IN5O. The van der Waals surface area contributed by atoms with E-state index in [1.807, 2.05) is 18.0 Å². The molecule has 0 aromatic heterocycles. The highest BCUT2D eigenvalue weighted by atomic mass is 127. The van der Waals surface area contributed by atoms with Crippen molar-refractivity contribution in [1.29, 1.82) is 0 Å². The summed E-state index contributed by atoms with van der Waals surface area (Å²) in [4.78, 5) is 21.2. The van der Waals surface area contributed by atoms with Crippen molar-refractivity contribution in [3.63, 3.8) is 0 Å². The maximum absolute atomic E-state index is 12.4. The van der Waals surface area contributed by atoms with Gasteiger partial charge in [0.1, 0.15) is 0 Å². The standard InChI is InChI=1S/C25H41N5O.HI/c1-26-25(28-18-23(29(2)3)22-12-8-5-9-13-22)27-17-21-16-24(31)30(19-21)15-14-20-10-6-4-7-11-20;/h4,6-7,10-11,21-23H,5,8-9,12-19H2,1-3H3,(H2,26,27,28);1H. The fourth-order valence-electron chi connectivity index (χ4n) is 5.07. The molecule has 1 aliphatic carbocycles. The van der Waals surface area contributed by atoms with Gasteiger partial charge in [-0.3, -0.25) is 9.79 Å². The van der Waals surface area contributed by atoms with Crippen LogP contribution in [0.4, 0.5) is 0 Å². The van der Waals surface area contributed by atoms with E-state index in [-0.39, 0.29) is 29.9 Å². The van der Waals surface area contributed by atoms with Gasteiger partial charge in [0, 0.05) is 51.6 Å². The molecule has 1 aromatic rings. The summed E-state index contributed by atoms with van der Waals surface area (Å²) in [5, 5.41) is 7.00. The van der Waals surface area contributed by atoms with Crippen molar-refractivity contribution in [3.8, 4) is 0 Å². The third-order valence-electron chi connectivity index (χ3n) is 6.93. The number of likely N-dealkylation sites (N-methyl/N-ethyl adjacent to an activating group) is 1. The van der Waals surface area contributed by atoms with Crippen LogP contribution in [-0.4, -0.2) is 75.0 Å². The van der Waals surface area contributed by atoms with E-state index in [4.69, 9.17) is 0 Å². The van der Waals surface area contributed by atoms with E-state index < -0.39 is 0 Å². The van der Waals surface area contributed by atoms with Gasteiger partial charge in [-0.25, -0.2) is 0 Å². The second-order valence-electron chi connectivity index (χ2n) is 9.41. The van der Waals surface area contributed by atoms with E-state index in [0.29, 0.717) is 18.4 Å². The molecule has 1 aromatic carbocycles. The first-order chi connectivity index (χ1) is 15.1. The Bertz CT molecular complexity index is 706. The number of nitrogens with one attached hydrogen (secondary N) is 2. The Morgan fingerprint density at radius 3 is 2.53 bits per heavy atom. The maximum atomic E-state index is 12.4. The number of amides is 1. The van der Waals surface area contributed by atoms with Crippen molar-refractivity contribution < 1.29 is 4.79 Å². The van der Waals surface area contributed by atoms with Gasteiger partial charge >= 0.3 is 0 Å². The van der Waals surface area contributed by atoms with E-state index in [1.54, 1.807) is 0 Å². The van der Waals surface area contributed by atoms with Gasteiger partial charge in [0.25, 0.3) is 0 Å². The molecule has 0 spiro atoms. The summed E-state index contributed by atoms with van der Waals surface area (Å²) in [6.07, 6.45) is 8.32. The number of hydrogen-bond acceptors (Lipinski definition) is 3. The number of aliphatic imine (C=N–C) groups is 1. The van der Waals surface area contributed by atoms with Crippen molar-refractivity contribution in [1.82, 2.24) is 20.4 Å². The molecule has 2 atom stereocenters. The first-order valence-corrected chi connectivity index (χ1v) is 12.0. The molecule has 2 unspecified atom stereocenters. The van der Waals surface area contributed by atoms with E-state index in [9.17, 15) is 4.79 Å². The van der Waals surface area contributed by atoms with Crippen molar-refractivity contribution in [3.05, 3.63) is 35.9 Å². The van der Waals surface area contributed by atoms with Gasteiger partial charge in [0.2, 0.25) is 5.91 Å². The summed E-state index contributed by atoms with van der Waals surface area (Å²) in [6, 6.07) is 10.9. The zero-order valence-electron chi connectivity index (χ0n) is 20.1. The summed E-state index contributed by atoms with van der Waals surface area (Å²) in [5.41, 5.74) is 1.29. The van der Waals surface area contributed by atoms with Crippen LogP contribution in [-0.2, 0) is 11.2 Å². The Balaban J connectivity index is 0.00000363. The van der Waals surface area contributed by atoms with Gasteiger partial charge in [-0.15, -0.1) is 24.0 Å². The van der Waals surface area contributed by atoms with Crippen LogP contribution in [0.15, 0.2) is 35.3 Å². The average Bonchev–Trinajstić information content (AvgIpc) is 3.15. The number of likely N-dealkylation sites (tertiary alicyclic amines) is 1. The highest BCUT2D eigenvalue weighted by molar-refractivity contribution is 14.0. The molecule has 1 heterocycles. The second kappa shape index (κ2) is 14.0. The molecule has 3 rings (SSSR count). The van der Waals surface area contributed by atoms with Gasteiger partial charge < -0.3 is 20.4 Å². The van der Waals surface area contributed by atoms with Crippen LogP contribution < -0.4 is 10.6 Å². The van der Waals surface area contributed by atoms with E-state index >= 15 is 0 Å². The quantitative estimate of drug-likeness (QED) is 0.279. The predicted molar refractivity (Wildman–Crippen MR) is 144 cm³/mol. The zero-order valence-corrected chi connectivity index (χ0v) is 22.4. The van der Waals surface area contributed by atoms with Crippen molar-refractivity contribution in [2.75, 3.05) is 47.3 Å². The lowest BCUT2D eigenvalue weighted by atomic mass is 9.83. The smallest absolute Gasteiger partial charge is 0.223 e. The van der Waals surface area contributed by atoms with Gasteiger partial charge in [0.05, 0.1) is 0 Å². The fraction of sp³-hybridized carbons (Fsp3) is 0.680. The third-order valence-corrected chi connectivity index (χ3v) is 6.93. The molecule has 1 saturated heterocycles. The minimum atomic E-state index is 0. The number of benzene rings is 1. The average molecular weight is 556 g/mol. The number of carbonyl (C=O) groups is 1. The molecule has 6 nitrogen and oxygen atoms in total. The van der Waals surface area contributed by atoms with Crippen LogP contribution >= 0.6 is 24.0 Å². The molecule has 32 heavy (non-hydrogen) atoms. The Morgan fingerprint density at radius 2 is 1.88 bits per heavy atom. The zero-order chi connectivity index (χ0) is 22.1. The SMILES string of the molecule is CN=C(NCC1CC(=O)N(CCc2ccccc2)C1)NCC(C1CCCCC1)N(C)C.I. The summed E-state index contributed by atoms with van der Waals surface area (Å²) in [7, 11) is 6.20. The lowest BCUT2D eigenvalue weighted by molar-refractivity contribution is -0.127. The van der Waals surface area contributed by atoms with E-state index in [1.165, 1.54) is 37.7 Å². The number of rotatable bonds is 9. The van der Waals surface area contributed by atoms with Crippen LogP contribution in [0.25, 0.3) is 0 Å². The number of nitrogens with zero attached hydrogens (tertiary/aromatic N) is 3. The molecule has 180 valence electrons. The largest absolute Gasteiger partial charge is 0.356 e. The van der Waals surface area contributed by atoms with E-state index in [0.717, 1.165) is 44.5 Å². The molecule has 1 aliphatic heterocycles. The number of halogens is 1. The molecule has 1 saturated carbocycles. The Morgan fingerprint density at radius 1 is 1.16 bits per heavy atom. The van der Waals surface area contributed by atoms with Crippen LogP contribution in [0.2, 0.25) is 0 Å². The number of carbonyl (C=O) groups excluding carboxylic acids is 1. The summed E-state index contributed by atoms with van der Waals surface area (Å²) in [6.45, 7) is 3.32. The highest BCUT2D eigenvalue weighted by Crippen LogP contribution is 2.28. The van der Waals surface area contributed by atoms with Crippen LogP contribution in [0.3, 0.4) is 0 Å². The normalized spacial score (nSPS) is 20.9. The predicted octanol–water partition coefficient (Wildman–Crippen LogP) is 3.37. The van der Waals surface area contributed by atoms with Crippen LogP contribution in [0, 0.1) is 11.8 Å². The van der Waals surface area contributed by atoms with Gasteiger partial charge in [-0.2, -0.15) is 0 Å². The van der Waals surface area contributed by atoms with Crippen molar-refractivity contribution in [2.24, 2.45) is 16.8 Å². The molecular weight excluding hydrogens is 513 g/mol. The fourth-order valence-corrected chi connectivity index (χ4v) is 5.07. The first kappa shape index (κ1) is 26.9. The minimum Gasteiger partial charge on any atom is -0.356 e. The molecule has 0 radical (unpaired) electrons. The second-order valence-corrected chi connectivity index (χ2v) is 9.41. The molecule has 0 bridgehead atoms. The molecule has 2 aliphatic rings. The highest BCUT2D eigenvalue weighted by Gasteiger charge is 2.29. The molecule has 2 fully saturated rings. The van der Waals surface area contributed by atoms with E-state index in [2.05, 4.69) is 58.9 Å². The lowest BCUT2D eigenvalue weighted by Gasteiger charge is -2.35. The maximum Gasteiger partial charge on any atom is 0.223 e. The molecule has 2 N–H and O–H groups in total. The molecule has 7 heteroatoms. The minimum absolute atomic E-state index is 0. The Kier molecular flexibility index (Phi) is 11.8. The molecule has 1 amide bonds. The van der Waals surface area contributed by atoms with Gasteiger partial charge in [-0.1, -0.05) is 49.6 Å². The summed E-state index contributed by atoms with van der Waals surface area (Å²) < 4.78 is 0. The number of guanidine groups is 1. The topological polar surface area (TPSA) is 60.0 Å². The van der Waals surface area contributed by atoms with Gasteiger partial charge in [-0.05, 0) is 44.8 Å². The first-order valence-electron chi connectivity index (χ1n) is 12.0. The van der Waals surface area contributed by atoms with Crippen molar-refractivity contribution in [2.45, 2.75) is 51.0 Å². The van der Waals surface area contributed by atoms with Gasteiger partial charge in [0.15, 0.2) is 5.96 Å². The van der Waals surface area contributed by atoms with Crippen LogP contribution in [0.5, 0.6) is 0 Å².